The van der Waals surface area contributed by atoms with Gasteiger partial charge in [0.15, 0.2) is 11.5 Å². The average Bonchev–Trinajstić information content (AvgIpc) is 3.31. The Labute approximate surface area is 170 Å². The number of fused-ring (bicyclic) bond motifs is 1. The Hall–Kier alpha value is -3.20. The third-order valence-electron chi connectivity index (χ3n) is 6.09. The summed E-state index contributed by atoms with van der Waals surface area (Å²) >= 11 is 0. The van der Waals surface area contributed by atoms with Gasteiger partial charge in [0.1, 0.15) is 11.4 Å². The molecule has 6 nitrogen and oxygen atoms in total. The number of benzene rings is 2. The molecule has 1 fully saturated rings. The van der Waals surface area contributed by atoms with E-state index in [1.165, 1.54) is 6.07 Å². The third-order valence-corrected chi connectivity index (χ3v) is 6.09. The SMILES string of the molecule is COc1cccc2c1OC1(CCCC1C(=O)Nc1cc(C(C)C#N)ccc1O)C2. The number of ether oxygens (including phenoxy) is 2. The van der Waals surface area contributed by atoms with Crippen LogP contribution in [-0.4, -0.2) is 23.7 Å². The highest BCUT2D eigenvalue weighted by Crippen LogP contribution is 2.51. The summed E-state index contributed by atoms with van der Waals surface area (Å²) in [6, 6.07) is 12.8. The zero-order valence-electron chi connectivity index (χ0n) is 16.6. The van der Waals surface area contributed by atoms with Gasteiger partial charge in [-0.15, -0.1) is 0 Å². The van der Waals surface area contributed by atoms with Crippen LogP contribution in [0.1, 0.15) is 43.2 Å². The molecule has 1 heterocycles. The number of anilines is 1. The first-order valence-corrected chi connectivity index (χ1v) is 9.85. The molecule has 3 atom stereocenters. The van der Waals surface area contributed by atoms with Crippen LogP contribution in [0.4, 0.5) is 5.69 Å². The second-order valence-corrected chi connectivity index (χ2v) is 7.85. The summed E-state index contributed by atoms with van der Waals surface area (Å²) in [6.07, 6.45) is 3.07. The molecule has 1 aliphatic carbocycles. The lowest BCUT2D eigenvalue weighted by atomic mass is 9.85. The second-order valence-electron chi connectivity index (χ2n) is 7.85. The number of nitrogens with one attached hydrogen (secondary N) is 1. The van der Waals surface area contributed by atoms with Gasteiger partial charge in [-0.25, -0.2) is 0 Å². The molecule has 1 aliphatic heterocycles. The lowest BCUT2D eigenvalue weighted by Gasteiger charge is -2.30. The number of nitrogens with zero attached hydrogens (tertiary/aromatic N) is 1. The molecule has 2 aromatic carbocycles. The fourth-order valence-electron chi connectivity index (χ4n) is 4.50. The molecular formula is C23H24N2O4. The quantitative estimate of drug-likeness (QED) is 0.763. The van der Waals surface area contributed by atoms with Crippen LogP contribution >= 0.6 is 0 Å². The molecule has 2 N–H and O–H groups in total. The molecule has 4 rings (SSSR count). The van der Waals surface area contributed by atoms with Crippen LogP contribution in [0.5, 0.6) is 17.2 Å². The first kappa shape index (κ1) is 19.1. The summed E-state index contributed by atoms with van der Waals surface area (Å²) in [7, 11) is 1.61. The van der Waals surface area contributed by atoms with E-state index >= 15 is 0 Å². The van der Waals surface area contributed by atoms with Gasteiger partial charge in [0.05, 0.1) is 30.7 Å². The van der Waals surface area contributed by atoms with Gasteiger partial charge in [0.25, 0.3) is 0 Å². The Morgan fingerprint density at radius 1 is 1.41 bits per heavy atom. The molecule has 1 amide bonds. The number of para-hydroxylation sites is 1. The number of phenolic OH excluding ortho intramolecular Hbond substituents is 1. The molecule has 0 radical (unpaired) electrons. The highest BCUT2D eigenvalue weighted by Gasteiger charge is 2.53. The number of aromatic hydroxyl groups is 1. The Morgan fingerprint density at radius 3 is 3.00 bits per heavy atom. The third kappa shape index (κ3) is 3.27. The molecule has 0 saturated heterocycles. The van der Waals surface area contributed by atoms with Crippen molar-refractivity contribution in [3.05, 3.63) is 47.5 Å². The van der Waals surface area contributed by atoms with Gasteiger partial charge in [0.2, 0.25) is 5.91 Å². The van der Waals surface area contributed by atoms with Crippen molar-refractivity contribution < 1.29 is 19.4 Å². The maximum atomic E-state index is 13.2. The number of rotatable bonds is 4. The second kappa shape index (κ2) is 7.32. The van der Waals surface area contributed by atoms with Gasteiger partial charge in [-0.3, -0.25) is 4.79 Å². The van der Waals surface area contributed by atoms with Crippen molar-refractivity contribution in [3.63, 3.8) is 0 Å². The summed E-state index contributed by atoms with van der Waals surface area (Å²) in [5.41, 5.74) is 1.53. The Morgan fingerprint density at radius 2 is 2.24 bits per heavy atom. The minimum atomic E-state index is -0.589. The summed E-state index contributed by atoms with van der Waals surface area (Å²) in [5.74, 6) is 0.548. The summed E-state index contributed by atoms with van der Waals surface area (Å²) in [4.78, 5) is 13.2. The van der Waals surface area contributed by atoms with Crippen LogP contribution in [0.25, 0.3) is 0 Å². The molecule has 3 unspecified atom stereocenters. The molecule has 0 bridgehead atoms. The van der Waals surface area contributed by atoms with Crippen molar-refractivity contribution in [2.45, 2.75) is 44.1 Å². The molecule has 1 saturated carbocycles. The Kier molecular flexibility index (Phi) is 4.83. The number of nitriles is 1. The van der Waals surface area contributed by atoms with Crippen LogP contribution in [0, 0.1) is 17.2 Å². The molecule has 0 aromatic heterocycles. The number of phenols is 1. The van der Waals surface area contributed by atoms with Crippen molar-refractivity contribution in [1.82, 2.24) is 0 Å². The zero-order valence-corrected chi connectivity index (χ0v) is 16.6. The van der Waals surface area contributed by atoms with Crippen molar-refractivity contribution in [1.29, 1.82) is 5.26 Å². The predicted molar refractivity (Wildman–Crippen MR) is 108 cm³/mol. The summed E-state index contributed by atoms with van der Waals surface area (Å²) in [5, 5.41) is 22.2. The Balaban J connectivity index is 1.58. The first-order chi connectivity index (χ1) is 14.0. The molecule has 1 spiro atoms. The van der Waals surface area contributed by atoms with Crippen molar-refractivity contribution in [2.24, 2.45) is 5.92 Å². The maximum absolute atomic E-state index is 13.2. The lowest BCUT2D eigenvalue weighted by Crippen LogP contribution is -2.44. The minimum absolute atomic E-state index is 0.0171. The van der Waals surface area contributed by atoms with E-state index in [2.05, 4.69) is 11.4 Å². The highest BCUT2D eigenvalue weighted by atomic mass is 16.5. The highest BCUT2D eigenvalue weighted by molar-refractivity contribution is 5.95. The number of carbonyl (C=O) groups is 1. The van der Waals surface area contributed by atoms with E-state index < -0.39 is 5.60 Å². The van der Waals surface area contributed by atoms with E-state index in [-0.39, 0.29) is 23.5 Å². The monoisotopic (exact) mass is 392 g/mol. The van der Waals surface area contributed by atoms with Crippen LogP contribution < -0.4 is 14.8 Å². The number of carbonyl (C=O) groups excluding carboxylic acids is 1. The number of hydrogen-bond donors (Lipinski definition) is 2. The van der Waals surface area contributed by atoms with Crippen LogP contribution in [-0.2, 0) is 11.2 Å². The largest absolute Gasteiger partial charge is 0.506 e. The number of amides is 1. The van der Waals surface area contributed by atoms with E-state index in [1.54, 1.807) is 26.2 Å². The predicted octanol–water partition coefficient (Wildman–Crippen LogP) is 4.14. The van der Waals surface area contributed by atoms with Crippen LogP contribution in [0.15, 0.2) is 36.4 Å². The van der Waals surface area contributed by atoms with E-state index in [9.17, 15) is 9.90 Å². The van der Waals surface area contributed by atoms with E-state index in [0.717, 1.165) is 36.1 Å². The van der Waals surface area contributed by atoms with Gasteiger partial charge in [-0.2, -0.15) is 5.26 Å². The normalized spacial score (nSPS) is 23.1. The summed E-state index contributed by atoms with van der Waals surface area (Å²) in [6.45, 7) is 1.78. The van der Waals surface area contributed by atoms with Gasteiger partial charge in [0, 0.05) is 12.0 Å². The number of methoxy groups -OCH3 is 1. The molecule has 150 valence electrons. The molecule has 2 aliphatic rings. The van der Waals surface area contributed by atoms with Crippen LogP contribution in [0.2, 0.25) is 0 Å². The fraction of sp³-hybridized carbons (Fsp3) is 0.391. The topological polar surface area (TPSA) is 91.6 Å². The molecule has 2 aromatic rings. The average molecular weight is 392 g/mol. The summed E-state index contributed by atoms with van der Waals surface area (Å²) < 4.78 is 11.8. The fourth-order valence-corrected chi connectivity index (χ4v) is 4.50. The molecule has 6 heteroatoms. The number of hydrogen-bond acceptors (Lipinski definition) is 5. The van der Waals surface area contributed by atoms with Gasteiger partial charge >= 0.3 is 0 Å². The smallest absolute Gasteiger partial charge is 0.231 e. The lowest BCUT2D eigenvalue weighted by molar-refractivity contribution is -0.124. The van der Waals surface area contributed by atoms with E-state index in [4.69, 9.17) is 14.7 Å². The van der Waals surface area contributed by atoms with Crippen molar-refractivity contribution in [3.8, 4) is 23.3 Å². The zero-order chi connectivity index (χ0) is 20.6. The van der Waals surface area contributed by atoms with E-state index in [0.29, 0.717) is 17.9 Å². The van der Waals surface area contributed by atoms with Gasteiger partial charge < -0.3 is 19.9 Å². The molecule has 29 heavy (non-hydrogen) atoms. The van der Waals surface area contributed by atoms with E-state index in [1.807, 2.05) is 18.2 Å². The van der Waals surface area contributed by atoms with Crippen LogP contribution in [0.3, 0.4) is 0 Å². The molecular weight excluding hydrogens is 368 g/mol. The standard InChI is InChI=1S/C23H24N2O4/c1-14(13-24)15-8-9-19(26)18(11-15)25-22(27)17-6-4-10-23(17)12-16-5-3-7-20(28-2)21(16)29-23/h3,5,7-9,11,14,17,26H,4,6,10,12H2,1-2H3,(H,25,27). The Bertz CT molecular complexity index is 997. The maximum Gasteiger partial charge on any atom is 0.231 e. The van der Waals surface area contributed by atoms with Gasteiger partial charge in [-0.05, 0) is 49.9 Å². The minimum Gasteiger partial charge on any atom is -0.506 e. The first-order valence-electron chi connectivity index (χ1n) is 9.85. The van der Waals surface area contributed by atoms with Crippen molar-refractivity contribution in [2.75, 3.05) is 12.4 Å². The van der Waals surface area contributed by atoms with Gasteiger partial charge in [-0.1, -0.05) is 18.2 Å². The van der Waals surface area contributed by atoms with Crippen molar-refractivity contribution >= 4 is 11.6 Å².